The standard InChI is InChI=1S/C16H27N5/c1-4-17-8-14-9-18-16(19-13(14)3)21-11-15-6-5-7-20(15)10-12(21)2/h9,12,15,17H,4-8,10-11H2,1-3H3. The second-order valence-corrected chi connectivity index (χ2v) is 6.35. The Labute approximate surface area is 127 Å². The molecule has 0 saturated carbocycles. The van der Waals surface area contributed by atoms with Crippen LogP contribution in [-0.4, -0.2) is 53.1 Å². The first-order valence-electron chi connectivity index (χ1n) is 8.23. The van der Waals surface area contributed by atoms with E-state index in [2.05, 4.69) is 40.9 Å². The van der Waals surface area contributed by atoms with Crippen LogP contribution in [0.5, 0.6) is 0 Å². The summed E-state index contributed by atoms with van der Waals surface area (Å²) in [4.78, 5) is 14.4. The van der Waals surface area contributed by atoms with Crippen molar-refractivity contribution in [2.45, 2.75) is 52.2 Å². The Bertz CT molecular complexity index is 490. The van der Waals surface area contributed by atoms with Crippen molar-refractivity contribution in [3.63, 3.8) is 0 Å². The van der Waals surface area contributed by atoms with E-state index in [1.807, 2.05) is 6.20 Å². The van der Waals surface area contributed by atoms with Gasteiger partial charge in [0.05, 0.1) is 0 Å². The van der Waals surface area contributed by atoms with Crippen LogP contribution >= 0.6 is 0 Å². The normalized spacial score (nSPS) is 26.1. The zero-order chi connectivity index (χ0) is 14.8. The first-order valence-corrected chi connectivity index (χ1v) is 8.23. The SMILES string of the molecule is CCNCc1cnc(N2CC3CCCN3CC2C)nc1C. The summed E-state index contributed by atoms with van der Waals surface area (Å²) in [6.45, 7) is 11.8. The van der Waals surface area contributed by atoms with Gasteiger partial charge in [0.15, 0.2) is 0 Å². The molecule has 3 rings (SSSR count). The maximum Gasteiger partial charge on any atom is 0.225 e. The highest BCUT2D eigenvalue weighted by molar-refractivity contribution is 5.36. The third-order valence-electron chi connectivity index (χ3n) is 4.83. The minimum Gasteiger partial charge on any atom is -0.335 e. The minimum absolute atomic E-state index is 0.498. The van der Waals surface area contributed by atoms with Crippen LogP contribution in [0.15, 0.2) is 6.20 Å². The zero-order valence-electron chi connectivity index (χ0n) is 13.5. The fourth-order valence-electron chi connectivity index (χ4n) is 3.52. The highest BCUT2D eigenvalue weighted by Crippen LogP contribution is 2.27. The highest BCUT2D eigenvalue weighted by Gasteiger charge is 2.35. The predicted octanol–water partition coefficient (Wildman–Crippen LogP) is 1.57. The Kier molecular flexibility index (Phi) is 4.40. The molecule has 2 aliphatic heterocycles. The first kappa shape index (κ1) is 14.7. The van der Waals surface area contributed by atoms with Gasteiger partial charge in [0, 0.05) is 49.2 Å². The van der Waals surface area contributed by atoms with Gasteiger partial charge in [0.25, 0.3) is 0 Å². The topological polar surface area (TPSA) is 44.3 Å². The average molecular weight is 289 g/mol. The molecule has 3 heterocycles. The van der Waals surface area contributed by atoms with Crippen molar-refractivity contribution in [1.82, 2.24) is 20.2 Å². The quantitative estimate of drug-likeness (QED) is 0.911. The minimum atomic E-state index is 0.498. The lowest BCUT2D eigenvalue weighted by atomic mass is 10.1. The Balaban J connectivity index is 1.75. The molecule has 116 valence electrons. The van der Waals surface area contributed by atoms with E-state index < -0.39 is 0 Å². The molecule has 1 aromatic rings. The summed E-state index contributed by atoms with van der Waals surface area (Å²) < 4.78 is 0. The summed E-state index contributed by atoms with van der Waals surface area (Å²) in [5.41, 5.74) is 2.30. The van der Waals surface area contributed by atoms with Gasteiger partial charge in [0.1, 0.15) is 0 Å². The molecular formula is C16H27N5. The third kappa shape index (κ3) is 3.04. The van der Waals surface area contributed by atoms with Crippen molar-refractivity contribution in [3.05, 3.63) is 17.5 Å². The second-order valence-electron chi connectivity index (χ2n) is 6.35. The smallest absolute Gasteiger partial charge is 0.225 e. The highest BCUT2D eigenvalue weighted by atomic mass is 15.4. The summed E-state index contributed by atoms with van der Waals surface area (Å²) in [6, 6.07) is 1.20. The van der Waals surface area contributed by atoms with Crippen LogP contribution < -0.4 is 10.2 Å². The van der Waals surface area contributed by atoms with E-state index in [4.69, 9.17) is 4.98 Å². The van der Waals surface area contributed by atoms with Gasteiger partial charge in [-0.05, 0) is 39.8 Å². The van der Waals surface area contributed by atoms with Crippen molar-refractivity contribution in [2.75, 3.05) is 31.1 Å². The number of fused-ring (bicyclic) bond motifs is 1. The fraction of sp³-hybridized carbons (Fsp3) is 0.750. The maximum absolute atomic E-state index is 4.77. The Morgan fingerprint density at radius 1 is 1.38 bits per heavy atom. The average Bonchev–Trinajstić information content (AvgIpc) is 2.92. The van der Waals surface area contributed by atoms with Gasteiger partial charge in [0.2, 0.25) is 5.95 Å². The van der Waals surface area contributed by atoms with Gasteiger partial charge in [-0.2, -0.15) is 0 Å². The molecule has 0 amide bonds. The van der Waals surface area contributed by atoms with E-state index in [1.54, 1.807) is 0 Å². The van der Waals surface area contributed by atoms with Crippen molar-refractivity contribution in [2.24, 2.45) is 0 Å². The summed E-state index contributed by atoms with van der Waals surface area (Å²) in [7, 11) is 0. The van der Waals surface area contributed by atoms with Gasteiger partial charge < -0.3 is 10.2 Å². The van der Waals surface area contributed by atoms with Gasteiger partial charge in [-0.25, -0.2) is 9.97 Å². The monoisotopic (exact) mass is 289 g/mol. The molecule has 2 aliphatic rings. The number of hydrogen-bond acceptors (Lipinski definition) is 5. The number of rotatable bonds is 4. The largest absolute Gasteiger partial charge is 0.335 e. The van der Waals surface area contributed by atoms with Crippen molar-refractivity contribution < 1.29 is 0 Å². The van der Waals surface area contributed by atoms with E-state index in [0.29, 0.717) is 12.1 Å². The van der Waals surface area contributed by atoms with Gasteiger partial charge >= 0.3 is 0 Å². The zero-order valence-corrected chi connectivity index (χ0v) is 13.5. The number of nitrogens with one attached hydrogen (secondary N) is 1. The molecule has 5 nitrogen and oxygen atoms in total. The summed E-state index contributed by atoms with van der Waals surface area (Å²) in [5, 5.41) is 3.34. The summed E-state index contributed by atoms with van der Waals surface area (Å²) >= 11 is 0. The van der Waals surface area contributed by atoms with E-state index in [-0.39, 0.29) is 0 Å². The molecule has 2 saturated heterocycles. The fourth-order valence-corrected chi connectivity index (χ4v) is 3.52. The van der Waals surface area contributed by atoms with Crippen LogP contribution in [0.3, 0.4) is 0 Å². The van der Waals surface area contributed by atoms with Gasteiger partial charge in [-0.15, -0.1) is 0 Å². The summed E-state index contributed by atoms with van der Waals surface area (Å²) in [5.74, 6) is 0.909. The Hall–Kier alpha value is -1.20. The first-order chi connectivity index (χ1) is 10.2. The summed E-state index contributed by atoms with van der Waals surface area (Å²) in [6.07, 6.45) is 4.65. The molecule has 1 aromatic heterocycles. The van der Waals surface area contributed by atoms with Crippen LogP contribution in [0.4, 0.5) is 5.95 Å². The molecule has 2 unspecified atom stereocenters. The van der Waals surface area contributed by atoms with E-state index in [9.17, 15) is 0 Å². The molecule has 2 atom stereocenters. The lowest BCUT2D eigenvalue weighted by molar-refractivity contribution is 0.201. The molecule has 0 radical (unpaired) electrons. The lowest BCUT2D eigenvalue weighted by Crippen LogP contribution is -2.55. The van der Waals surface area contributed by atoms with Crippen LogP contribution in [0.1, 0.15) is 37.9 Å². The molecule has 0 bridgehead atoms. The van der Waals surface area contributed by atoms with Crippen molar-refractivity contribution in [1.29, 1.82) is 0 Å². The number of aromatic nitrogens is 2. The number of nitrogens with zero attached hydrogens (tertiary/aromatic N) is 4. The molecule has 0 aliphatic carbocycles. The van der Waals surface area contributed by atoms with Crippen LogP contribution in [0.25, 0.3) is 0 Å². The van der Waals surface area contributed by atoms with Gasteiger partial charge in [-0.1, -0.05) is 6.92 Å². The molecule has 5 heteroatoms. The van der Waals surface area contributed by atoms with Crippen LogP contribution in [-0.2, 0) is 6.54 Å². The lowest BCUT2D eigenvalue weighted by Gasteiger charge is -2.42. The maximum atomic E-state index is 4.77. The van der Waals surface area contributed by atoms with Crippen molar-refractivity contribution in [3.8, 4) is 0 Å². The van der Waals surface area contributed by atoms with E-state index >= 15 is 0 Å². The number of anilines is 1. The molecule has 21 heavy (non-hydrogen) atoms. The number of hydrogen-bond donors (Lipinski definition) is 1. The molecule has 1 N–H and O–H groups in total. The van der Waals surface area contributed by atoms with E-state index in [0.717, 1.165) is 37.8 Å². The molecule has 0 spiro atoms. The Morgan fingerprint density at radius 3 is 3.00 bits per heavy atom. The molecular weight excluding hydrogens is 262 g/mol. The van der Waals surface area contributed by atoms with E-state index in [1.165, 1.54) is 24.9 Å². The van der Waals surface area contributed by atoms with Crippen LogP contribution in [0, 0.1) is 6.92 Å². The van der Waals surface area contributed by atoms with Crippen LogP contribution in [0.2, 0.25) is 0 Å². The van der Waals surface area contributed by atoms with Crippen molar-refractivity contribution >= 4 is 5.95 Å². The Morgan fingerprint density at radius 2 is 2.24 bits per heavy atom. The predicted molar refractivity (Wildman–Crippen MR) is 85.6 cm³/mol. The second kappa shape index (κ2) is 6.28. The number of aryl methyl sites for hydroxylation is 1. The molecule has 2 fully saturated rings. The van der Waals surface area contributed by atoms with Gasteiger partial charge in [-0.3, -0.25) is 4.90 Å². The third-order valence-corrected chi connectivity index (χ3v) is 4.83. The number of piperazine rings is 1. The molecule has 0 aromatic carbocycles.